The van der Waals surface area contributed by atoms with Gasteiger partial charge in [-0.05, 0) is 60.5 Å². The number of halogens is 1. The van der Waals surface area contributed by atoms with Crippen molar-refractivity contribution in [1.29, 1.82) is 0 Å². The first-order chi connectivity index (χ1) is 13.5. The van der Waals surface area contributed by atoms with E-state index in [1.165, 1.54) is 17.4 Å². The van der Waals surface area contributed by atoms with Crippen molar-refractivity contribution in [1.82, 2.24) is 5.32 Å². The zero-order valence-corrected chi connectivity index (χ0v) is 16.1. The van der Waals surface area contributed by atoms with Gasteiger partial charge in [-0.1, -0.05) is 24.3 Å². The van der Waals surface area contributed by atoms with Crippen LogP contribution in [0, 0.1) is 12.7 Å². The summed E-state index contributed by atoms with van der Waals surface area (Å²) in [6.45, 7) is 1.87. The highest BCUT2D eigenvalue weighted by Gasteiger charge is 2.24. The number of carbonyl (C=O) groups excluding carboxylic acids is 2. The Labute approximate surface area is 166 Å². The van der Waals surface area contributed by atoms with E-state index < -0.39 is 5.82 Å². The number of aryl methyl sites for hydroxylation is 1. The van der Waals surface area contributed by atoms with Crippen LogP contribution in [0.3, 0.4) is 0 Å². The second-order valence-corrected chi connectivity index (χ2v) is 7.82. The maximum atomic E-state index is 15.2. The van der Waals surface area contributed by atoms with Gasteiger partial charge in [-0.2, -0.15) is 0 Å². The number of nitrogens with one attached hydrogen (secondary N) is 2. The molecule has 0 bridgehead atoms. The van der Waals surface area contributed by atoms with Crippen LogP contribution in [0.15, 0.2) is 53.9 Å². The van der Waals surface area contributed by atoms with Crippen molar-refractivity contribution in [3.8, 4) is 11.1 Å². The molecule has 0 radical (unpaired) electrons. The third kappa shape index (κ3) is 3.82. The highest BCUT2D eigenvalue weighted by atomic mass is 32.1. The van der Waals surface area contributed by atoms with E-state index in [0.29, 0.717) is 21.6 Å². The molecule has 0 saturated heterocycles. The number of amides is 2. The van der Waals surface area contributed by atoms with Gasteiger partial charge >= 0.3 is 0 Å². The lowest BCUT2D eigenvalue weighted by molar-refractivity contribution is 0.0950. The minimum Gasteiger partial charge on any atom is -0.349 e. The van der Waals surface area contributed by atoms with E-state index in [2.05, 4.69) is 10.6 Å². The molecule has 6 heteroatoms. The molecule has 1 aliphatic rings. The molecule has 1 aromatic heterocycles. The van der Waals surface area contributed by atoms with Crippen molar-refractivity contribution in [3.05, 3.63) is 75.7 Å². The van der Waals surface area contributed by atoms with E-state index in [1.54, 1.807) is 41.8 Å². The fourth-order valence-corrected chi connectivity index (χ4v) is 3.60. The van der Waals surface area contributed by atoms with E-state index in [1.807, 2.05) is 13.0 Å². The Kier molecular flexibility index (Phi) is 4.96. The van der Waals surface area contributed by atoms with Crippen molar-refractivity contribution in [2.24, 2.45) is 0 Å². The molecule has 1 aliphatic carbocycles. The molecule has 0 unspecified atom stereocenters. The Balaban J connectivity index is 1.65. The largest absolute Gasteiger partial charge is 0.349 e. The van der Waals surface area contributed by atoms with Crippen LogP contribution in [-0.4, -0.2) is 17.9 Å². The summed E-state index contributed by atoms with van der Waals surface area (Å²) in [5.41, 5.74) is 2.45. The predicted octanol–water partition coefficient (Wildman–Crippen LogP) is 5.01. The lowest BCUT2D eigenvalue weighted by Crippen LogP contribution is -2.25. The Morgan fingerprint density at radius 3 is 2.57 bits per heavy atom. The smallest absolute Gasteiger partial charge is 0.265 e. The molecule has 142 valence electrons. The van der Waals surface area contributed by atoms with Crippen LogP contribution in [0.2, 0.25) is 0 Å². The molecule has 3 aromatic rings. The van der Waals surface area contributed by atoms with E-state index in [-0.39, 0.29) is 23.5 Å². The van der Waals surface area contributed by atoms with Crippen LogP contribution < -0.4 is 10.6 Å². The molecular weight excluding hydrogens is 375 g/mol. The lowest BCUT2D eigenvalue weighted by Gasteiger charge is -2.13. The first-order valence-electron chi connectivity index (χ1n) is 9.08. The molecular formula is C22H19FN2O2S. The third-order valence-electron chi connectivity index (χ3n) is 4.69. The summed E-state index contributed by atoms with van der Waals surface area (Å²) in [7, 11) is 0. The number of hydrogen-bond acceptors (Lipinski definition) is 3. The number of rotatable bonds is 5. The van der Waals surface area contributed by atoms with Gasteiger partial charge in [-0.15, -0.1) is 11.3 Å². The molecule has 2 N–H and O–H groups in total. The normalized spacial score (nSPS) is 13.2. The monoisotopic (exact) mass is 394 g/mol. The fourth-order valence-electron chi connectivity index (χ4n) is 2.98. The van der Waals surface area contributed by atoms with Gasteiger partial charge in [-0.25, -0.2) is 4.39 Å². The number of thiophene rings is 1. The molecule has 1 heterocycles. The average molecular weight is 394 g/mol. The van der Waals surface area contributed by atoms with Crippen molar-refractivity contribution < 1.29 is 14.0 Å². The zero-order valence-electron chi connectivity index (χ0n) is 15.3. The summed E-state index contributed by atoms with van der Waals surface area (Å²) < 4.78 is 15.2. The molecule has 0 atom stereocenters. The van der Waals surface area contributed by atoms with Crippen LogP contribution in [-0.2, 0) is 0 Å². The van der Waals surface area contributed by atoms with Crippen LogP contribution in [0.4, 0.5) is 10.1 Å². The van der Waals surface area contributed by atoms with Crippen molar-refractivity contribution in [3.63, 3.8) is 0 Å². The van der Waals surface area contributed by atoms with Gasteiger partial charge in [0.1, 0.15) is 0 Å². The lowest BCUT2D eigenvalue weighted by atomic mass is 9.97. The third-order valence-corrected chi connectivity index (χ3v) is 5.56. The molecule has 2 aromatic carbocycles. The molecule has 4 rings (SSSR count). The maximum absolute atomic E-state index is 15.2. The minimum absolute atomic E-state index is 0.114. The maximum Gasteiger partial charge on any atom is 0.265 e. The predicted molar refractivity (Wildman–Crippen MR) is 109 cm³/mol. The topological polar surface area (TPSA) is 58.2 Å². The Morgan fingerprint density at radius 1 is 1.04 bits per heavy atom. The van der Waals surface area contributed by atoms with Gasteiger partial charge in [0.15, 0.2) is 5.82 Å². The van der Waals surface area contributed by atoms with Crippen LogP contribution in [0.1, 0.15) is 38.4 Å². The number of benzene rings is 2. The highest BCUT2D eigenvalue weighted by Crippen LogP contribution is 2.31. The SMILES string of the molecule is Cc1ccc(C(=O)NC2CC2)cc1-c1cccc(NC(=O)c2cccs2)c1F. The molecule has 1 fully saturated rings. The molecule has 28 heavy (non-hydrogen) atoms. The summed E-state index contributed by atoms with van der Waals surface area (Å²) in [5.74, 6) is -1.01. The average Bonchev–Trinajstić information content (AvgIpc) is 3.32. The second-order valence-electron chi connectivity index (χ2n) is 6.88. The van der Waals surface area contributed by atoms with E-state index >= 15 is 4.39 Å². The van der Waals surface area contributed by atoms with Crippen LogP contribution in [0.5, 0.6) is 0 Å². The molecule has 0 aliphatic heterocycles. The van der Waals surface area contributed by atoms with Crippen LogP contribution in [0.25, 0.3) is 11.1 Å². The zero-order chi connectivity index (χ0) is 19.7. The summed E-state index contributed by atoms with van der Waals surface area (Å²) in [4.78, 5) is 25.1. The summed E-state index contributed by atoms with van der Waals surface area (Å²) in [6, 6.07) is 13.9. The quantitative estimate of drug-likeness (QED) is 0.639. The van der Waals surface area contributed by atoms with Crippen molar-refractivity contribution in [2.45, 2.75) is 25.8 Å². The van der Waals surface area contributed by atoms with E-state index in [4.69, 9.17) is 0 Å². The Hall–Kier alpha value is -2.99. The number of hydrogen-bond donors (Lipinski definition) is 2. The van der Waals surface area contributed by atoms with Crippen molar-refractivity contribution in [2.75, 3.05) is 5.32 Å². The highest BCUT2D eigenvalue weighted by molar-refractivity contribution is 7.12. The molecule has 4 nitrogen and oxygen atoms in total. The van der Waals surface area contributed by atoms with Crippen molar-refractivity contribution >= 4 is 28.8 Å². The number of carbonyl (C=O) groups is 2. The van der Waals surface area contributed by atoms with E-state index in [0.717, 1.165) is 18.4 Å². The summed E-state index contributed by atoms with van der Waals surface area (Å²) in [6.07, 6.45) is 2.01. The standard InChI is InChI=1S/C22H19FN2O2S/c1-13-7-8-14(21(26)24-15-9-10-15)12-17(13)16-4-2-5-18(20(16)23)25-22(27)19-6-3-11-28-19/h2-8,11-12,15H,9-10H2,1H3,(H,24,26)(H,25,27). The summed E-state index contributed by atoms with van der Waals surface area (Å²) in [5, 5.41) is 7.37. The number of anilines is 1. The van der Waals surface area contributed by atoms with Gasteiger partial charge in [0.05, 0.1) is 10.6 Å². The van der Waals surface area contributed by atoms with Crippen LogP contribution >= 0.6 is 11.3 Å². The Morgan fingerprint density at radius 2 is 1.86 bits per heavy atom. The Bertz CT molecular complexity index is 1040. The summed E-state index contributed by atoms with van der Waals surface area (Å²) >= 11 is 1.30. The first-order valence-corrected chi connectivity index (χ1v) is 9.96. The van der Waals surface area contributed by atoms with E-state index in [9.17, 15) is 9.59 Å². The van der Waals surface area contributed by atoms with Gasteiger partial charge in [-0.3, -0.25) is 9.59 Å². The minimum atomic E-state index is -0.518. The molecule has 1 saturated carbocycles. The second kappa shape index (κ2) is 7.56. The van der Waals surface area contributed by atoms with Gasteiger partial charge in [0.25, 0.3) is 11.8 Å². The fraction of sp³-hybridized carbons (Fsp3) is 0.182. The van der Waals surface area contributed by atoms with Gasteiger partial charge < -0.3 is 10.6 Å². The molecule has 0 spiro atoms. The van der Waals surface area contributed by atoms with Gasteiger partial charge in [0, 0.05) is 17.2 Å². The molecule has 2 amide bonds. The first kappa shape index (κ1) is 18.4. The van der Waals surface area contributed by atoms with Gasteiger partial charge in [0.2, 0.25) is 0 Å².